The Morgan fingerprint density at radius 3 is 2.38 bits per heavy atom. The van der Waals surface area contributed by atoms with Gasteiger partial charge in [-0.25, -0.2) is 9.59 Å². The van der Waals surface area contributed by atoms with Gasteiger partial charge < -0.3 is 10.2 Å². The lowest BCUT2D eigenvalue weighted by Gasteiger charge is -2.04. The van der Waals surface area contributed by atoms with Gasteiger partial charge in [0.05, 0.1) is 5.57 Å². The van der Waals surface area contributed by atoms with E-state index in [1.165, 1.54) is 6.08 Å². The molecule has 4 heteroatoms. The molecule has 0 bridgehead atoms. The molecule has 16 heavy (non-hydrogen) atoms. The van der Waals surface area contributed by atoms with Crippen LogP contribution in [0.1, 0.15) is 11.1 Å². The average Bonchev–Trinajstić information content (AvgIpc) is 2.25. The largest absolute Gasteiger partial charge is 0.478 e. The summed E-state index contributed by atoms with van der Waals surface area (Å²) in [5, 5.41) is 17.3. The van der Waals surface area contributed by atoms with Crippen LogP contribution in [0.3, 0.4) is 0 Å². The van der Waals surface area contributed by atoms with Crippen LogP contribution in [-0.4, -0.2) is 22.2 Å². The van der Waals surface area contributed by atoms with Crippen LogP contribution in [0.2, 0.25) is 0 Å². The summed E-state index contributed by atoms with van der Waals surface area (Å²) in [6.07, 6.45) is 2.29. The van der Waals surface area contributed by atoms with E-state index >= 15 is 0 Å². The van der Waals surface area contributed by atoms with E-state index < -0.39 is 11.9 Å². The molecule has 4 nitrogen and oxygen atoms in total. The first-order valence-electron chi connectivity index (χ1n) is 4.45. The number of hydrogen-bond donors (Lipinski definition) is 2. The summed E-state index contributed by atoms with van der Waals surface area (Å²) in [5.74, 6) is -2.22. The first-order chi connectivity index (χ1) is 7.52. The van der Waals surface area contributed by atoms with E-state index in [2.05, 4.69) is 6.58 Å². The predicted octanol–water partition coefficient (Wildman–Crippen LogP) is 1.88. The molecule has 2 N–H and O–H groups in total. The van der Waals surface area contributed by atoms with Crippen molar-refractivity contribution in [2.24, 2.45) is 0 Å². The van der Waals surface area contributed by atoms with Crippen molar-refractivity contribution in [1.29, 1.82) is 0 Å². The summed E-state index contributed by atoms with van der Waals surface area (Å²) in [7, 11) is 0. The lowest BCUT2D eigenvalue weighted by atomic mass is 10.0. The standard InChI is InChI=1S/C12H10O4/c1-8(12(15)16)10-5-3-2-4-9(10)6-7-11(13)14/h2-7H,1H2,(H,13,14)(H,15,16)/b7-6+. The van der Waals surface area contributed by atoms with Crippen molar-refractivity contribution in [3.63, 3.8) is 0 Å². The van der Waals surface area contributed by atoms with Crippen LogP contribution in [0.4, 0.5) is 0 Å². The van der Waals surface area contributed by atoms with Crippen molar-refractivity contribution < 1.29 is 19.8 Å². The van der Waals surface area contributed by atoms with Gasteiger partial charge in [0.1, 0.15) is 0 Å². The van der Waals surface area contributed by atoms with E-state index in [1.54, 1.807) is 24.3 Å². The van der Waals surface area contributed by atoms with E-state index in [-0.39, 0.29) is 5.57 Å². The van der Waals surface area contributed by atoms with Crippen LogP contribution in [0, 0.1) is 0 Å². The van der Waals surface area contributed by atoms with Gasteiger partial charge in [-0.1, -0.05) is 30.8 Å². The highest BCUT2D eigenvalue weighted by Gasteiger charge is 2.09. The SMILES string of the molecule is C=C(C(=O)O)c1ccccc1/C=C/C(=O)O. The normalized spacial score (nSPS) is 10.2. The summed E-state index contributed by atoms with van der Waals surface area (Å²) in [6.45, 7) is 3.43. The van der Waals surface area contributed by atoms with Crippen LogP contribution in [-0.2, 0) is 9.59 Å². The molecule has 0 atom stereocenters. The molecule has 0 heterocycles. The zero-order valence-corrected chi connectivity index (χ0v) is 8.38. The Balaban J connectivity index is 3.15. The van der Waals surface area contributed by atoms with Crippen LogP contribution in [0.15, 0.2) is 36.9 Å². The van der Waals surface area contributed by atoms with Crippen molar-refractivity contribution in [3.05, 3.63) is 48.0 Å². The molecule has 1 aromatic carbocycles. The number of rotatable bonds is 4. The summed E-state index contributed by atoms with van der Waals surface area (Å²) < 4.78 is 0. The average molecular weight is 218 g/mol. The number of carbonyl (C=O) groups is 2. The molecular weight excluding hydrogens is 208 g/mol. The molecule has 0 spiro atoms. The Labute approximate surface area is 92.2 Å². The van der Waals surface area contributed by atoms with Crippen molar-refractivity contribution in [3.8, 4) is 0 Å². The molecule has 0 fully saturated rings. The highest BCUT2D eigenvalue weighted by Crippen LogP contribution is 2.19. The van der Waals surface area contributed by atoms with Crippen LogP contribution in [0.5, 0.6) is 0 Å². The minimum absolute atomic E-state index is 0.0642. The maximum absolute atomic E-state index is 10.8. The molecule has 1 aromatic rings. The summed E-state index contributed by atoms with van der Waals surface area (Å²) in [4.78, 5) is 21.1. The van der Waals surface area contributed by atoms with Gasteiger partial charge in [0.15, 0.2) is 0 Å². The molecule has 1 rings (SSSR count). The molecule has 0 radical (unpaired) electrons. The first-order valence-corrected chi connectivity index (χ1v) is 4.45. The third-order valence-electron chi connectivity index (χ3n) is 1.95. The fourth-order valence-corrected chi connectivity index (χ4v) is 1.19. The Morgan fingerprint density at radius 1 is 1.19 bits per heavy atom. The lowest BCUT2D eigenvalue weighted by Crippen LogP contribution is -1.99. The molecule has 0 aromatic heterocycles. The van der Waals surface area contributed by atoms with Gasteiger partial charge in [0.2, 0.25) is 0 Å². The topological polar surface area (TPSA) is 74.6 Å². The van der Waals surface area contributed by atoms with Crippen LogP contribution >= 0.6 is 0 Å². The molecule has 82 valence electrons. The Kier molecular flexibility index (Phi) is 3.61. The Hall–Kier alpha value is -2.36. The highest BCUT2D eigenvalue weighted by molar-refractivity contribution is 6.15. The minimum Gasteiger partial charge on any atom is -0.478 e. The zero-order chi connectivity index (χ0) is 12.1. The Bertz CT molecular complexity index is 472. The first kappa shape index (κ1) is 11.7. The second kappa shape index (κ2) is 4.93. The van der Waals surface area contributed by atoms with E-state index in [1.807, 2.05) is 0 Å². The Morgan fingerprint density at radius 2 is 1.81 bits per heavy atom. The number of hydrogen-bond acceptors (Lipinski definition) is 2. The van der Waals surface area contributed by atoms with Crippen molar-refractivity contribution in [1.82, 2.24) is 0 Å². The number of benzene rings is 1. The van der Waals surface area contributed by atoms with E-state index in [9.17, 15) is 9.59 Å². The molecule has 0 unspecified atom stereocenters. The van der Waals surface area contributed by atoms with Gasteiger partial charge in [-0.05, 0) is 17.2 Å². The molecule has 0 aliphatic heterocycles. The summed E-state index contributed by atoms with van der Waals surface area (Å²) in [5.41, 5.74) is 0.857. The maximum atomic E-state index is 10.8. The molecule has 0 aliphatic carbocycles. The fourth-order valence-electron chi connectivity index (χ4n) is 1.19. The quantitative estimate of drug-likeness (QED) is 0.756. The molecule has 0 aliphatic rings. The van der Waals surface area contributed by atoms with Gasteiger partial charge in [0.25, 0.3) is 0 Å². The van der Waals surface area contributed by atoms with Crippen LogP contribution < -0.4 is 0 Å². The molecule has 0 amide bonds. The van der Waals surface area contributed by atoms with E-state index in [0.717, 1.165) is 6.08 Å². The maximum Gasteiger partial charge on any atom is 0.335 e. The number of carboxylic acids is 2. The van der Waals surface area contributed by atoms with Crippen LogP contribution in [0.25, 0.3) is 11.6 Å². The number of carboxylic acid groups (broad SMARTS) is 2. The predicted molar refractivity (Wildman–Crippen MR) is 59.8 cm³/mol. The lowest BCUT2D eigenvalue weighted by molar-refractivity contribution is -0.131. The molecule has 0 saturated carbocycles. The second-order valence-electron chi connectivity index (χ2n) is 3.04. The molecular formula is C12H10O4. The highest BCUT2D eigenvalue weighted by atomic mass is 16.4. The van der Waals surface area contributed by atoms with Gasteiger partial charge in [-0.3, -0.25) is 0 Å². The monoisotopic (exact) mass is 218 g/mol. The second-order valence-corrected chi connectivity index (χ2v) is 3.04. The van der Waals surface area contributed by atoms with Gasteiger partial charge in [0, 0.05) is 6.08 Å². The minimum atomic E-state index is -1.13. The summed E-state index contributed by atoms with van der Waals surface area (Å²) >= 11 is 0. The van der Waals surface area contributed by atoms with E-state index in [0.29, 0.717) is 11.1 Å². The third-order valence-corrected chi connectivity index (χ3v) is 1.95. The van der Waals surface area contributed by atoms with Crippen molar-refractivity contribution in [2.45, 2.75) is 0 Å². The fraction of sp³-hybridized carbons (Fsp3) is 0. The van der Waals surface area contributed by atoms with Gasteiger partial charge >= 0.3 is 11.9 Å². The van der Waals surface area contributed by atoms with Crippen molar-refractivity contribution in [2.75, 3.05) is 0 Å². The third kappa shape index (κ3) is 2.81. The molecule has 0 saturated heterocycles. The zero-order valence-electron chi connectivity index (χ0n) is 8.38. The van der Waals surface area contributed by atoms with Crippen molar-refractivity contribution >= 4 is 23.6 Å². The smallest absolute Gasteiger partial charge is 0.335 e. The van der Waals surface area contributed by atoms with Gasteiger partial charge in [-0.2, -0.15) is 0 Å². The van der Waals surface area contributed by atoms with E-state index in [4.69, 9.17) is 10.2 Å². The summed E-state index contributed by atoms with van der Waals surface area (Å²) in [6, 6.07) is 6.57. The number of aliphatic carboxylic acids is 2. The van der Waals surface area contributed by atoms with Gasteiger partial charge in [-0.15, -0.1) is 0 Å².